The summed E-state index contributed by atoms with van der Waals surface area (Å²) < 4.78 is 5.34. The van der Waals surface area contributed by atoms with Crippen molar-refractivity contribution in [2.24, 2.45) is 5.92 Å². The van der Waals surface area contributed by atoms with E-state index in [4.69, 9.17) is 4.74 Å². The first-order valence-corrected chi connectivity index (χ1v) is 6.03. The lowest BCUT2D eigenvalue weighted by molar-refractivity contribution is -0.0764. The highest BCUT2D eigenvalue weighted by atomic mass is 16.5. The van der Waals surface area contributed by atoms with Crippen molar-refractivity contribution < 1.29 is 9.84 Å². The van der Waals surface area contributed by atoms with Gasteiger partial charge in [-0.05, 0) is 31.6 Å². The molecule has 0 aromatic heterocycles. The number of rotatable bonds is 5. The van der Waals surface area contributed by atoms with Gasteiger partial charge in [0.1, 0.15) is 0 Å². The third-order valence-electron chi connectivity index (χ3n) is 3.35. The molecule has 0 saturated carbocycles. The molecule has 14 heavy (non-hydrogen) atoms. The summed E-state index contributed by atoms with van der Waals surface area (Å²) in [5.74, 6) is 0.469. The minimum Gasteiger partial charge on any atom is -0.390 e. The van der Waals surface area contributed by atoms with Gasteiger partial charge < -0.3 is 9.84 Å². The second-order valence-corrected chi connectivity index (χ2v) is 4.49. The fourth-order valence-electron chi connectivity index (χ4n) is 2.63. The summed E-state index contributed by atoms with van der Waals surface area (Å²) in [7, 11) is 0. The summed E-state index contributed by atoms with van der Waals surface area (Å²) in [6.45, 7) is 5.97. The van der Waals surface area contributed by atoms with E-state index in [9.17, 15) is 5.11 Å². The second kappa shape index (κ2) is 5.72. The van der Waals surface area contributed by atoms with Gasteiger partial charge in [-0.1, -0.05) is 26.7 Å². The van der Waals surface area contributed by atoms with Crippen LogP contribution in [0.2, 0.25) is 0 Å². The van der Waals surface area contributed by atoms with E-state index in [2.05, 4.69) is 13.8 Å². The predicted octanol–water partition coefficient (Wildman–Crippen LogP) is 2.74. The average molecular weight is 200 g/mol. The summed E-state index contributed by atoms with van der Waals surface area (Å²) >= 11 is 0. The Morgan fingerprint density at radius 2 is 1.64 bits per heavy atom. The molecule has 0 aromatic rings. The summed E-state index contributed by atoms with van der Waals surface area (Å²) in [5.41, 5.74) is -0.409. The van der Waals surface area contributed by atoms with Crippen molar-refractivity contribution in [3.05, 3.63) is 0 Å². The Balaban J connectivity index is 2.54. The van der Waals surface area contributed by atoms with Gasteiger partial charge in [0, 0.05) is 13.2 Å². The lowest BCUT2D eigenvalue weighted by Crippen LogP contribution is -2.40. The molecule has 0 spiro atoms. The third-order valence-corrected chi connectivity index (χ3v) is 3.35. The summed E-state index contributed by atoms with van der Waals surface area (Å²) in [6.07, 6.45) is 6.13. The van der Waals surface area contributed by atoms with E-state index in [-0.39, 0.29) is 0 Å². The van der Waals surface area contributed by atoms with Crippen molar-refractivity contribution in [1.82, 2.24) is 0 Å². The van der Waals surface area contributed by atoms with Gasteiger partial charge >= 0.3 is 0 Å². The van der Waals surface area contributed by atoms with E-state index in [0.717, 1.165) is 51.7 Å². The SMILES string of the molecule is CCCC(O)(CCC)C1CCOCC1. The molecule has 2 nitrogen and oxygen atoms in total. The zero-order valence-corrected chi connectivity index (χ0v) is 9.59. The predicted molar refractivity (Wildman–Crippen MR) is 58.3 cm³/mol. The van der Waals surface area contributed by atoms with Crippen molar-refractivity contribution in [1.29, 1.82) is 0 Å². The van der Waals surface area contributed by atoms with Gasteiger partial charge in [0.15, 0.2) is 0 Å². The molecule has 1 aliphatic rings. The lowest BCUT2D eigenvalue weighted by Gasteiger charge is -2.38. The Labute approximate surface area is 87.7 Å². The van der Waals surface area contributed by atoms with Crippen LogP contribution >= 0.6 is 0 Å². The monoisotopic (exact) mass is 200 g/mol. The molecule has 1 aliphatic heterocycles. The van der Waals surface area contributed by atoms with E-state index >= 15 is 0 Å². The highest BCUT2D eigenvalue weighted by Gasteiger charge is 2.35. The Bertz CT molecular complexity index is 144. The molecule has 1 fully saturated rings. The minimum absolute atomic E-state index is 0.409. The number of aliphatic hydroxyl groups is 1. The number of ether oxygens (including phenoxy) is 1. The molecule has 84 valence electrons. The standard InChI is InChI=1S/C12H24O2/c1-3-7-12(13,8-4-2)11-5-9-14-10-6-11/h11,13H,3-10H2,1-2H3. The van der Waals surface area contributed by atoms with Crippen molar-refractivity contribution >= 4 is 0 Å². The molecule has 0 radical (unpaired) electrons. The van der Waals surface area contributed by atoms with Crippen molar-refractivity contribution in [3.8, 4) is 0 Å². The number of hydrogen-bond acceptors (Lipinski definition) is 2. The van der Waals surface area contributed by atoms with Gasteiger partial charge in [-0.25, -0.2) is 0 Å². The number of hydrogen-bond donors (Lipinski definition) is 1. The Hall–Kier alpha value is -0.0800. The van der Waals surface area contributed by atoms with Crippen LogP contribution < -0.4 is 0 Å². The fraction of sp³-hybridized carbons (Fsp3) is 1.00. The van der Waals surface area contributed by atoms with E-state index in [1.807, 2.05) is 0 Å². The molecule has 0 aromatic carbocycles. The van der Waals surface area contributed by atoms with Crippen LogP contribution in [0.25, 0.3) is 0 Å². The van der Waals surface area contributed by atoms with Crippen LogP contribution in [0.5, 0.6) is 0 Å². The van der Waals surface area contributed by atoms with Crippen molar-refractivity contribution in [3.63, 3.8) is 0 Å². The van der Waals surface area contributed by atoms with Gasteiger partial charge in [-0.3, -0.25) is 0 Å². The maximum atomic E-state index is 10.6. The molecule has 0 atom stereocenters. The molecule has 1 N–H and O–H groups in total. The average Bonchev–Trinajstić information content (AvgIpc) is 2.20. The first kappa shape index (κ1) is 12.0. The van der Waals surface area contributed by atoms with Gasteiger partial charge in [0.25, 0.3) is 0 Å². The molecule has 0 aliphatic carbocycles. The van der Waals surface area contributed by atoms with Crippen LogP contribution in [-0.2, 0) is 4.74 Å². The van der Waals surface area contributed by atoms with Crippen molar-refractivity contribution in [2.75, 3.05) is 13.2 Å². The topological polar surface area (TPSA) is 29.5 Å². The Morgan fingerprint density at radius 1 is 1.14 bits per heavy atom. The zero-order valence-electron chi connectivity index (χ0n) is 9.59. The van der Waals surface area contributed by atoms with Crippen LogP contribution in [-0.4, -0.2) is 23.9 Å². The van der Waals surface area contributed by atoms with E-state index in [0.29, 0.717) is 5.92 Å². The van der Waals surface area contributed by atoms with E-state index < -0.39 is 5.60 Å². The molecule has 1 saturated heterocycles. The Kier molecular flexibility index (Phi) is 4.90. The largest absolute Gasteiger partial charge is 0.390 e. The maximum absolute atomic E-state index is 10.6. The van der Waals surface area contributed by atoms with E-state index in [1.54, 1.807) is 0 Å². The smallest absolute Gasteiger partial charge is 0.0677 e. The fourth-order valence-corrected chi connectivity index (χ4v) is 2.63. The Morgan fingerprint density at radius 3 is 2.07 bits per heavy atom. The third kappa shape index (κ3) is 2.96. The lowest BCUT2D eigenvalue weighted by atomic mass is 9.76. The highest BCUT2D eigenvalue weighted by molar-refractivity contribution is 4.87. The molecule has 0 unspecified atom stereocenters. The second-order valence-electron chi connectivity index (χ2n) is 4.49. The maximum Gasteiger partial charge on any atom is 0.0677 e. The molecular formula is C12H24O2. The molecule has 1 rings (SSSR count). The quantitative estimate of drug-likeness (QED) is 0.739. The van der Waals surface area contributed by atoms with Crippen molar-refractivity contribution in [2.45, 2.75) is 58.0 Å². The van der Waals surface area contributed by atoms with Gasteiger partial charge in [0.2, 0.25) is 0 Å². The van der Waals surface area contributed by atoms with Gasteiger partial charge in [0.05, 0.1) is 5.60 Å². The van der Waals surface area contributed by atoms with Crippen LogP contribution in [0.4, 0.5) is 0 Å². The van der Waals surface area contributed by atoms with Gasteiger partial charge in [-0.2, -0.15) is 0 Å². The normalized spacial score (nSPS) is 19.9. The van der Waals surface area contributed by atoms with Crippen LogP contribution in [0.3, 0.4) is 0 Å². The molecule has 0 bridgehead atoms. The minimum atomic E-state index is -0.409. The molecule has 1 heterocycles. The molecule has 0 amide bonds. The molecular weight excluding hydrogens is 176 g/mol. The van der Waals surface area contributed by atoms with Gasteiger partial charge in [-0.15, -0.1) is 0 Å². The first-order valence-electron chi connectivity index (χ1n) is 6.03. The van der Waals surface area contributed by atoms with E-state index in [1.165, 1.54) is 0 Å². The highest BCUT2D eigenvalue weighted by Crippen LogP contribution is 2.34. The van der Waals surface area contributed by atoms with Crippen LogP contribution in [0, 0.1) is 5.92 Å². The first-order chi connectivity index (χ1) is 6.73. The zero-order chi connectivity index (χ0) is 10.4. The van der Waals surface area contributed by atoms with Crippen LogP contribution in [0.1, 0.15) is 52.4 Å². The summed E-state index contributed by atoms with van der Waals surface area (Å²) in [4.78, 5) is 0. The summed E-state index contributed by atoms with van der Waals surface area (Å²) in [5, 5.41) is 10.6. The van der Waals surface area contributed by atoms with Crippen LogP contribution in [0.15, 0.2) is 0 Å². The molecule has 2 heteroatoms. The summed E-state index contributed by atoms with van der Waals surface area (Å²) in [6, 6.07) is 0.